The van der Waals surface area contributed by atoms with Gasteiger partial charge in [0.2, 0.25) is 0 Å². The third-order valence-electron chi connectivity index (χ3n) is 5.36. The van der Waals surface area contributed by atoms with Gasteiger partial charge in [0.25, 0.3) is 0 Å². The van der Waals surface area contributed by atoms with Gasteiger partial charge in [-0.2, -0.15) is 0 Å². The fourth-order valence-corrected chi connectivity index (χ4v) is 6.76. The molecule has 0 unspecified atom stereocenters. The predicted molar refractivity (Wildman–Crippen MR) is 128 cm³/mol. The highest BCUT2D eigenvalue weighted by Crippen LogP contribution is 2.46. The number of anilines is 1. The quantitative estimate of drug-likeness (QED) is 0.353. The molecule has 0 aliphatic carbocycles. The minimum Gasteiger partial charge on any atom is -0.497 e. The third kappa shape index (κ3) is 3.34. The maximum Gasteiger partial charge on any atom is 0.135 e. The second kappa shape index (κ2) is 7.42. The standard InChI is InChI=1S/C25H22N2OS2/c1-25(2)23-22(20-15-19(28-3)13-14-21(20)27-25)24(30-29-23)26-18-11-9-17(10-12-18)16-7-5-4-6-8-16/h4-15,27H,1-3H3. The first kappa shape index (κ1) is 19.1. The van der Waals surface area contributed by atoms with E-state index < -0.39 is 0 Å². The van der Waals surface area contributed by atoms with Gasteiger partial charge in [-0.25, -0.2) is 4.99 Å². The van der Waals surface area contributed by atoms with E-state index in [1.807, 2.05) is 12.1 Å². The number of hydrogen-bond acceptors (Lipinski definition) is 5. The lowest BCUT2D eigenvalue weighted by Gasteiger charge is -2.33. The Labute approximate surface area is 183 Å². The Kier molecular flexibility index (Phi) is 4.72. The Morgan fingerprint density at radius 3 is 2.33 bits per heavy atom. The smallest absolute Gasteiger partial charge is 0.135 e. The molecule has 0 atom stereocenters. The van der Waals surface area contributed by atoms with Gasteiger partial charge in [-0.3, -0.25) is 0 Å². The van der Waals surface area contributed by atoms with Crippen LogP contribution in [0.3, 0.4) is 0 Å². The summed E-state index contributed by atoms with van der Waals surface area (Å²) in [4.78, 5) is 6.34. The minimum atomic E-state index is -0.136. The number of benzene rings is 3. The molecule has 1 N–H and O–H groups in total. The van der Waals surface area contributed by atoms with Crippen molar-refractivity contribution < 1.29 is 4.74 Å². The monoisotopic (exact) mass is 430 g/mol. The van der Waals surface area contributed by atoms with E-state index in [2.05, 4.69) is 79.8 Å². The van der Waals surface area contributed by atoms with Gasteiger partial charge in [-0.1, -0.05) is 63.1 Å². The van der Waals surface area contributed by atoms with Gasteiger partial charge >= 0.3 is 0 Å². The van der Waals surface area contributed by atoms with Crippen molar-refractivity contribution in [1.29, 1.82) is 0 Å². The van der Waals surface area contributed by atoms with Crippen LogP contribution in [0.1, 0.15) is 18.7 Å². The van der Waals surface area contributed by atoms with Crippen molar-refractivity contribution in [3.05, 3.63) is 82.3 Å². The van der Waals surface area contributed by atoms with Gasteiger partial charge in [-0.05, 0) is 55.3 Å². The molecule has 0 fully saturated rings. The Morgan fingerprint density at radius 1 is 0.867 bits per heavy atom. The van der Waals surface area contributed by atoms with E-state index in [1.165, 1.54) is 21.6 Å². The molecule has 1 aliphatic heterocycles. The summed E-state index contributed by atoms with van der Waals surface area (Å²) in [5.74, 6) is 0.857. The molecule has 2 heterocycles. The zero-order chi connectivity index (χ0) is 20.7. The van der Waals surface area contributed by atoms with Crippen LogP contribution in [0.15, 0.2) is 77.8 Å². The first-order valence-corrected chi connectivity index (χ1v) is 12.0. The predicted octanol–water partition coefficient (Wildman–Crippen LogP) is 7.05. The van der Waals surface area contributed by atoms with Crippen LogP contribution < -0.4 is 14.7 Å². The molecule has 3 aromatic carbocycles. The average Bonchev–Trinajstić information content (AvgIpc) is 3.20. The molecular weight excluding hydrogens is 408 g/mol. The van der Waals surface area contributed by atoms with Crippen molar-refractivity contribution in [1.82, 2.24) is 0 Å². The Balaban J connectivity index is 1.62. The summed E-state index contributed by atoms with van der Waals surface area (Å²) in [6.07, 6.45) is 0. The first-order valence-electron chi connectivity index (χ1n) is 9.85. The zero-order valence-electron chi connectivity index (χ0n) is 17.1. The second-order valence-corrected chi connectivity index (χ2v) is 9.99. The van der Waals surface area contributed by atoms with Gasteiger partial charge in [-0.15, -0.1) is 0 Å². The highest BCUT2D eigenvalue weighted by atomic mass is 32.9. The maximum atomic E-state index is 5.49. The van der Waals surface area contributed by atoms with Gasteiger partial charge < -0.3 is 10.1 Å². The van der Waals surface area contributed by atoms with Crippen LogP contribution in [0.25, 0.3) is 22.3 Å². The Bertz CT molecular complexity index is 1270. The van der Waals surface area contributed by atoms with Gasteiger partial charge in [0.05, 0.1) is 23.2 Å². The van der Waals surface area contributed by atoms with Crippen molar-refractivity contribution in [3.8, 4) is 28.0 Å². The van der Waals surface area contributed by atoms with Gasteiger partial charge in [0.1, 0.15) is 10.4 Å². The van der Waals surface area contributed by atoms with Crippen molar-refractivity contribution in [2.45, 2.75) is 19.4 Å². The highest BCUT2D eigenvalue weighted by Gasteiger charge is 2.33. The second-order valence-electron chi connectivity index (χ2n) is 7.86. The number of hydrogen-bond donors (Lipinski definition) is 1. The van der Waals surface area contributed by atoms with E-state index in [0.717, 1.165) is 27.4 Å². The third-order valence-corrected chi connectivity index (χ3v) is 8.00. The fraction of sp³-hybridized carbons (Fsp3) is 0.160. The lowest BCUT2D eigenvalue weighted by atomic mass is 9.90. The molecule has 30 heavy (non-hydrogen) atoms. The van der Waals surface area contributed by atoms with E-state index in [1.54, 1.807) is 27.8 Å². The van der Waals surface area contributed by atoms with E-state index in [-0.39, 0.29) is 5.54 Å². The summed E-state index contributed by atoms with van der Waals surface area (Å²) in [7, 11) is 5.24. The van der Waals surface area contributed by atoms with E-state index in [4.69, 9.17) is 9.73 Å². The van der Waals surface area contributed by atoms with Crippen LogP contribution in [-0.4, -0.2) is 7.11 Å². The number of nitrogens with zero attached hydrogens (tertiary/aromatic N) is 1. The van der Waals surface area contributed by atoms with Crippen LogP contribution in [-0.2, 0) is 5.54 Å². The summed E-state index contributed by atoms with van der Waals surface area (Å²) < 4.78 is 6.53. The van der Waals surface area contributed by atoms with Crippen LogP contribution >= 0.6 is 20.7 Å². The molecule has 5 rings (SSSR count). The number of nitrogens with one attached hydrogen (secondary N) is 1. The summed E-state index contributed by atoms with van der Waals surface area (Å²) in [5.41, 5.74) is 6.74. The Morgan fingerprint density at radius 2 is 1.60 bits per heavy atom. The SMILES string of the molecule is COc1ccc2c(c1)-c1c(ssc1=Nc1ccc(-c3ccccc3)cc1)C(C)(C)N2. The van der Waals surface area contributed by atoms with Crippen molar-refractivity contribution >= 4 is 32.1 Å². The van der Waals surface area contributed by atoms with Crippen LogP contribution in [0.4, 0.5) is 11.4 Å². The number of ether oxygens (including phenoxy) is 1. The normalized spacial score (nSPS) is 14.6. The molecule has 0 radical (unpaired) electrons. The Hall–Kier alpha value is -2.89. The van der Waals surface area contributed by atoms with Crippen molar-refractivity contribution in [3.63, 3.8) is 0 Å². The van der Waals surface area contributed by atoms with Gasteiger partial charge in [0, 0.05) is 16.8 Å². The summed E-state index contributed by atoms with van der Waals surface area (Å²) in [6.45, 7) is 4.45. The summed E-state index contributed by atoms with van der Waals surface area (Å²) in [5, 5.41) is 3.67. The fourth-order valence-electron chi connectivity index (χ4n) is 3.83. The molecule has 4 aromatic rings. The summed E-state index contributed by atoms with van der Waals surface area (Å²) in [6, 6.07) is 25.1. The number of methoxy groups -OCH3 is 1. The van der Waals surface area contributed by atoms with Crippen LogP contribution in [0.2, 0.25) is 0 Å². The number of fused-ring (bicyclic) bond motifs is 3. The largest absolute Gasteiger partial charge is 0.497 e. The summed E-state index contributed by atoms with van der Waals surface area (Å²) >= 11 is 0. The van der Waals surface area contributed by atoms with E-state index >= 15 is 0 Å². The molecule has 0 saturated heterocycles. The molecule has 0 amide bonds. The molecule has 1 aromatic heterocycles. The molecule has 3 nitrogen and oxygen atoms in total. The van der Waals surface area contributed by atoms with Crippen LogP contribution in [0.5, 0.6) is 5.75 Å². The highest BCUT2D eigenvalue weighted by molar-refractivity contribution is 7.68. The van der Waals surface area contributed by atoms with Crippen molar-refractivity contribution in [2.75, 3.05) is 12.4 Å². The van der Waals surface area contributed by atoms with Crippen molar-refractivity contribution in [2.24, 2.45) is 4.99 Å². The average molecular weight is 431 g/mol. The molecule has 5 heteroatoms. The first-order chi connectivity index (χ1) is 14.5. The van der Waals surface area contributed by atoms with E-state index in [0.29, 0.717) is 0 Å². The molecule has 0 saturated carbocycles. The molecular formula is C25H22N2OS2. The minimum absolute atomic E-state index is 0.136. The topological polar surface area (TPSA) is 33.6 Å². The molecule has 0 bridgehead atoms. The number of rotatable bonds is 3. The van der Waals surface area contributed by atoms with E-state index in [9.17, 15) is 0 Å². The molecule has 1 aliphatic rings. The van der Waals surface area contributed by atoms with Gasteiger partial charge in [0.15, 0.2) is 0 Å². The lowest BCUT2D eigenvalue weighted by Crippen LogP contribution is -2.31. The molecule has 150 valence electrons. The molecule has 0 spiro atoms. The van der Waals surface area contributed by atoms with Crippen LogP contribution in [0, 0.1) is 0 Å². The maximum absolute atomic E-state index is 5.49. The lowest BCUT2D eigenvalue weighted by molar-refractivity contribution is 0.415. The zero-order valence-corrected chi connectivity index (χ0v) is 18.7.